The minimum Gasteiger partial charge on any atom is -0.480 e. The molecule has 13 heteroatoms. The Labute approximate surface area is 199 Å². The number of Topliss-reactive ketones (excluding diaryl/α,β-unsaturated/α-hetero) is 1. The Kier molecular flexibility index (Phi) is 19.4. The number of ether oxygens (including phenoxy) is 4. The van der Waals surface area contributed by atoms with Crippen LogP contribution in [0, 0.1) is 0 Å². The van der Waals surface area contributed by atoms with Gasteiger partial charge in [0, 0.05) is 32.9 Å². The van der Waals surface area contributed by atoms with Crippen LogP contribution in [-0.2, 0) is 42.9 Å². The van der Waals surface area contributed by atoms with Crippen LogP contribution in [-0.4, -0.2) is 107 Å². The molecule has 0 aliphatic carbocycles. The number of carbonyl (C=O) groups is 5. The lowest BCUT2D eigenvalue weighted by Crippen LogP contribution is -2.40. The maximum absolute atomic E-state index is 11.7. The lowest BCUT2D eigenvalue weighted by Gasteiger charge is -2.13. The van der Waals surface area contributed by atoms with E-state index in [0.717, 1.165) is 0 Å². The average molecular weight is 492 g/mol. The summed E-state index contributed by atoms with van der Waals surface area (Å²) in [7, 11) is 0. The summed E-state index contributed by atoms with van der Waals surface area (Å²) < 4.78 is 20.8. The molecule has 13 nitrogen and oxygen atoms in total. The van der Waals surface area contributed by atoms with Crippen LogP contribution in [0.5, 0.6) is 0 Å². The van der Waals surface area contributed by atoms with Crippen molar-refractivity contribution in [3.8, 4) is 0 Å². The lowest BCUT2D eigenvalue weighted by atomic mass is 10.1. The molecule has 0 aromatic rings. The summed E-state index contributed by atoms with van der Waals surface area (Å²) in [6.07, 6.45) is 0.383. The molecule has 1 atom stereocenters. The topological polar surface area (TPSA) is 179 Å². The van der Waals surface area contributed by atoms with Crippen molar-refractivity contribution in [2.45, 2.75) is 39.2 Å². The quantitative estimate of drug-likeness (QED) is 0.132. The van der Waals surface area contributed by atoms with Gasteiger partial charge in [-0.3, -0.25) is 19.2 Å². The number of carboxylic acid groups (broad SMARTS) is 1. The zero-order chi connectivity index (χ0) is 25.6. The fourth-order valence-corrected chi connectivity index (χ4v) is 2.34. The summed E-state index contributed by atoms with van der Waals surface area (Å²) in [6.45, 7) is 5.12. The number of carboxylic acids is 1. The van der Waals surface area contributed by atoms with Crippen molar-refractivity contribution >= 4 is 29.5 Å². The molecule has 0 fully saturated rings. The van der Waals surface area contributed by atoms with E-state index in [1.165, 1.54) is 6.92 Å². The highest BCUT2D eigenvalue weighted by Gasteiger charge is 2.19. The second-order valence-corrected chi connectivity index (χ2v) is 7.05. The molecule has 0 bridgehead atoms. The maximum Gasteiger partial charge on any atom is 0.326 e. The van der Waals surface area contributed by atoms with E-state index in [9.17, 15) is 24.0 Å². The summed E-state index contributed by atoms with van der Waals surface area (Å²) in [5.74, 6) is -2.28. The number of hydrogen-bond donors (Lipinski definition) is 4. The minimum atomic E-state index is -1.20. The van der Waals surface area contributed by atoms with Crippen molar-refractivity contribution in [2.75, 3.05) is 65.9 Å². The Morgan fingerprint density at radius 1 is 0.765 bits per heavy atom. The molecular formula is C21H37N3O10. The Bertz CT molecular complexity index is 630. The third-order valence-corrected chi connectivity index (χ3v) is 4.11. The van der Waals surface area contributed by atoms with Gasteiger partial charge in [0.2, 0.25) is 17.7 Å². The Morgan fingerprint density at radius 3 is 1.82 bits per heavy atom. The first kappa shape index (κ1) is 31.4. The third kappa shape index (κ3) is 20.0. The SMILES string of the molecule is CCC(=O)COCCOCCNC(=O)COCCOCCNC(=O)CC[C@H](NC(C)=O)C(=O)O. The second-order valence-electron chi connectivity index (χ2n) is 7.05. The first-order valence-corrected chi connectivity index (χ1v) is 11.1. The van der Waals surface area contributed by atoms with Crippen molar-refractivity contribution in [1.82, 2.24) is 16.0 Å². The molecule has 0 saturated carbocycles. The Balaban J connectivity index is 3.51. The molecule has 3 amide bonds. The third-order valence-electron chi connectivity index (χ3n) is 4.11. The summed E-state index contributed by atoms with van der Waals surface area (Å²) in [5, 5.41) is 16.4. The van der Waals surface area contributed by atoms with Crippen molar-refractivity contribution in [1.29, 1.82) is 0 Å². The van der Waals surface area contributed by atoms with Crippen molar-refractivity contribution in [2.24, 2.45) is 0 Å². The first-order chi connectivity index (χ1) is 16.3. The van der Waals surface area contributed by atoms with E-state index in [2.05, 4.69) is 16.0 Å². The highest BCUT2D eigenvalue weighted by Crippen LogP contribution is 1.98. The second kappa shape index (κ2) is 21.0. The van der Waals surface area contributed by atoms with Gasteiger partial charge in [-0.2, -0.15) is 0 Å². The zero-order valence-corrected chi connectivity index (χ0v) is 19.9. The van der Waals surface area contributed by atoms with Gasteiger partial charge in [0.25, 0.3) is 0 Å². The standard InChI is InChI=1S/C21H37N3O10/c1-3-17(26)14-33-12-10-32-9-7-23-20(28)15-34-13-11-31-8-6-22-19(27)5-4-18(21(29)30)24-16(2)25/h18H,3-15H2,1-2H3,(H,22,27)(H,23,28)(H,24,25)(H,29,30)/t18-/m0/s1. The Morgan fingerprint density at radius 2 is 1.29 bits per heavy atom. The van der Waals surface area contributed by atoms with Gasteiger partial charge in [-0.1, -0.05) is 6.92 Å². The van der Waals surface area contributed by atoms with E-state index in [4.69, 9.17) is 24.1 Å². The van der Waals surface area contributed by atoms with E-state index in [-0.39, 0.29) is 70.0 Å². The first-order valence-electron chi connectivity index (χ1n) is 11.1. The van der Waals surface area contributed by atoms with Gasteiger partial charge in [-0.05, 0) is 6.42 Å². The molecule has 0 aliphatic heterocycles. The molecule has 0 unspecified atom stereocenters. The predicted octanol–water partition coefficient (Wildman–Crippen LogP) is -1.37. The van der Waals surface area contributed by atoms with Crippen LogP contribution in [0.2, 0.25) is 0 Å². The molecule has 196 valence electrons. The fraction of sp³-hybridized carbons (Fsp3) is 0.762. The monoisotopic (exact) mass is 491 g/mol. The van der Waals surface area contributed by atoms with Crippen LogP contribution in [0.15, 0.2) is 0 Å². The molecule has 0 aromatic heterocycles. The summed E-state index contributed by atoms with van der Waals surface area (Å²) in [4.78, 5) is 56.3. The summed E-state index contributed by atoms with van der Waals surface area (Å²) in [6, 6.07) is -1.11. The zero-order valence-electron chi connectivity index (χ0n) is 19.9. The molecular weight excluding hydrogens is 454 g/mol. The number of ketones is 1. The number of aliphatic carboxylic acids is 1. The maximum atomic E-state index is 11.7. The normalized spacial score (nSPS) is 11.5. The highest BCUT2D eigenvalue weighted by molar-refractivity contribution is 5.83. The molecule has 34 heavy (non-hydrogen) atoms. The number of carbonyl (C=O) groups excluding carboxylic acids is 4. The van der Waals surface area contributed by atoms with Gasteiger partial charge in [0.1, 0.15) is 19.3 Å². The van der Waals surface area contributed by atoms with Crippen LogP contribution in [0.1, 0.15) is 33.1 Å². The van der Waals surface area contributed by atoms with E-state index in [0.29, 0.717) is 32.8 Å². The predicted molar refractivity (Wildman–Crippen MR) is 119 cm³/mol. The average Bonchev–Trinajstić information content (AvgIpc) is 2.79. The van der Waals surface area contributed by atoms with Crippen LogP contribution < -0.4 is 16.0 Å². The number of amides is 3. The molecule has 0 saturated heterocycles. The van der Waals surface area contributed by atoms with E-state index in [1.807, 2.05) is 0 Å². The van der Waals surface area contributed by atoms with Gasteiger partial charge in [-0.15, -0.1) is 0 Å². The van der Waals surface area contributed by atoms with Crippen LogP contribution in [0.3, 0.4) is 0 Å². The molecule has 0 aliphatic rings. The number of hydrogen-bond acceptors (Lipinski definition) is 9. The van der Waals surface area contributed by atoms with Gasteiger partial charge in [0.05, 0.1) is 39.6 Å². The fourth-order valence-electron chi connectivity index (χ4n) is 2.34. The van der Waals surface area contributed by atoms with Crippen LogP contribution in [0.4, 0.5) is 0 Å². The molecule has 0 radical (unpaired) electrons. The van der Waals surface area contributed by atoms with E-state index in [1.54, 1.807) is 6.92 Å². The number of rotatable bonds is 22. The molecule has 4 N–H and O–H groups in total. The van der Waals surface area contributed by atoms with Crippen molar-refractivity contribution in [3.63, 3.8) is 0 Å². The molecule has 0 aromatic carbocycles. The Hall–Kier alpha value is -2.61. The van der Waals surface area contributed by atoms with Crippen molar-refractivity contribution in [3.05, 3.63) is 0 Å². The number of nitrogens with one attached hydrogen (secondary N) is 3. The van der Waals surface area contributed by atoms with Gasteiger partial charge < -0.3 is 40.0 Å². The van der Waals surface area contributed by atoms with Crippen LogP contribution in [0.25, 0.3) is 0 Å². The van der Waals surface area contributed by atoms with Crippen molar-refractivity contribution < 1.29 is 48.0 Å². The molecule has 0 spiro atoms. The van der Waals surface area contributed by atoms with E-state index >= 15 is 0 Å². The lowest BCUT2D eigenvalue weighted by molar-refractivity contribution is -0.142. The largest absolute Gasteiger partial charge is 0.480 e. The smallest absolute Gasteiger partial charge is 0.326 e. The van der Waals surface area contributed by atoms with Gasteiger partial charge in [-0.25, -0.2) is 4.79 Å². The molecule has 0 heterocycles. The highest BCUT2D eigenvalue weighted by atomic mass is 16.5. The van der Waals surface area contributed by atoms with Gasteiger partial charge >= 0.3 is 5.97 Å². The van der Waals surface area contributed by atoms with E-state index < -0.39 is 17.9 Å². The summed E-state index contributed by atoms with van der Waals surface area (Å²) >= 11 is 0. The molecule has 0 rings (SSSR count). The van der Waals surface area contributed by atoms with Gasteiger partial charge in [0.15, 0.2) is 5.78 Å². The minimum absolute atomic E-state index is 0.0146. The summed E-state index contributed by atoms with van der Waals surface area (Å²) in [5.41, 5.74) is 0. The van der Waals surface area contributed by atoms with Crippen LogP contribution >= 0.6 is 0 Å².